The van der Waals surface area contributed by atoms with Crippen molar-refractivity contribution in [3.63, 3.8) is 0 Å². The van der Waals surface area contributed by atoms with Crippen LogP contribution in [-0.2, 0) is 0 Å². The van der Waals surface area contributed by atoms with Crippen LogP contribution in [0.4, 0.5) is 5.69 Å². The van der Waals surface area contributed by atoms with E-state index in [9.17, 15) is 10.1 Å². The van der Waals surface area contributed by atoms with Crippen molar-refractivity contribution in [2.45, 2.75) is 25.3 Å². The standard InChI is InChI=1S/C13H18N2O3/c1-14-9-4-5-11(14)8-10-18-13-7-3-2-6-12(13)15(16)17/h2-3,6-7,11H,4-5,8-10H2,1H3/t11-/m0/s1. The number of benzene rings is 1. The fourth-order valence-corrected chi connectivity index (χ4v) is 2.38. The van der Waals surface area contributed by atoms with E-state index in [-0.39, 0.29) is 5.69 Å². The van der Waals surface area contributed by atoms with Crippen LogP contribution in [0, 0.1) is 10.1 Å². The molecule has 5 heteroatoms. The van der Waals surface area contributed by atoms with Crippen molar-refractivity contribution < 1.29 is 9.66 Å². The highest BCUT2D eigenvalue weighted by Crippen LogP contribution is 2.26. The lowest BCUT2D eigenvalue weighted by Crippen LogP contribution is -2.26. The van der Waals surface area contributed by atoms with Crippen LogP contribution in [0.2, 0.25) is 0 Å². The molecular weight excluding hydrogens is 232 g/mol. The van der Waals surface area contributed by atoms with E-state index in [0.717, 1.165) is 13.0 Å². The molecule has 0 radical (unpaired) electrons. The number of rotatable bonds is 5. The van der Waals surface area contributed by atoms with Crippen molar-refractivity contribution in [2.24, 2.45) is 0 Å². The number of hydrogen-bond donors (Lipinski definition) is 0. The molecule has 0 aromatic heterocycles. The summed E-state index contributed by atoms with van der Waals surface area (Å²) in [6, 6.07) is 7.07. The molecule has 0 aliphatic carbocycles. The first-order chi connectivity index (χ1) is 8.68. The minimum Gasteiger partial charge on any atom is -0.487 e. The first kappa shape index (κ1) is 12.8. The molecule has 2 rings (SSSR count). The Morgan fingerprint density at radius 3 is 2.94 bits per heavy atom. The number of para-hydroxylation sites is 2. The maximum Gasteiger partial charge on any atom is 0.310 e. The number of nitrogens with zero attached hydrogens (tertiary/aromatic N) is 2. The molecule has 5 nitrogen and oxygen atoms in total. The molecule has 0 saturated carbocycles. The van der Waals surface area contributed by atoms with E-state index in [1.807, 2.05) is 0 Å². The summed E-state index contributed by atoms with van der Waals surface area (Å²) < 4.78 is 5.54. The maximum absolute atomic E-state index is 10.8. The maximum atomic E-state index is 10.8. The van der Waals surface area contributed by atoms with E-state index in [4.69, 9.17) is 4.74 Å². The summed E-state index contributed by atoms with van der Waals surface area (Å²) in [4.78, 5) is 12.7. The van der Waals surface area contributed by atoms with Gasteiger partial charge in [-0.05, 0) is 38.9 Å². The monoisotopic (exact) mass is 250 g/mol. The third-order valence-corrected chi connectivity index (χ3v) is 3.44. The predicted molar refractivity (Wildman–Crippen MR) is 68.9 cm³/mol. The van der Waals surface area contributed by atoms with Crippen LogP contribution in [0.1, 0.15) is 19.3 Å². The zero-order chi connectivity index (χ0) is 13.0. The Balaban J connectivity index is 1.88. The van der Waals surface area contributed by atoms with Gasteiger partial charge in [0.15, 0.2) is 5.75 Å². The largest absolute Gasteiger partial charge is 0.487 e. The van der Waals surface area contributed by atoms with Crippen LogP contribution in [0.15, 0.2) is 24.3 Å². The first-order valence-electron chi connectivity index (χ1n) is 6.25. The molecule has 1 aliphatic heterocycles. The summed E-state index contributed by atoms with van der Waals surface area (Å²) in [5, 5.41) is 10.8. The third-order valence-electron chi connectivity index (χ3n) is 3.44. The molecule has 1 heterocycles. The lowest BCUT2D eigenvalue weighted by atomic mass is 10.1. The van der Waals surface area contributed by atoms with Gasteiger partial charge >= 0.3 is 5.69 Å². The van der Waals surface area contributed by atoms with Gasteiger partial charge in [0.25, 0.3) is 0 Å². The average molecular weight is 250 g/mol. The van der Waals surface area contributed by atoms with E-state index in [0.29, 0.717) is 18.4 Å². The molecule has 1 atom stereocenters. The van der Waals surface area contributed by atoms with Crippen LogP contribution in [0.25, 0.3) is 0 Å². The highest BCUT2D eigenvalue weighted by atomic mass is 16.6. The van der Waals surface area contributed by atoms with Gasteiger partial charge in [-0.1, -0.05) is 12.1 Å². The van der Waals surface area contributed by atoms with Crippen molar-refractivity contribution in [3.8, 4) is 5.75 Å². The molecule has 1 aromatic carbocycles. The van der Waals surface area contributed by atoms with Crippen molar-refractivity contribution in [3.05, 3.63) is 34.4 Å². The van der Waals surface area contributed by atoms with Gasteiger partial charge in [-0.25, -0.2) is 0 Å². The van der Waals surface area contributed by atoms with Gasteiger partial charge in [-0.2, -0.15) is 0 Å². The second kappa shape index (κ2) is 5.82. The van der Waals surface area contributed by atoms with Gasteiger partial charge in [0.2, 0.25) is 0 Å². The molecular formula is C13H18N2O3. The molecule has 1 aliphatic rings. The fraction of sp³-hybridized carbons (Fsp3) is 0.538. The van der Waals surface area contributed by atoms with Crippen molar-refractivity contribution in [1.82, 2.24) is 4.90 Å². The SMILES string of the molecule is CN1CCC[C@H]1CCOc1ccccc1[N+](=O)[O-]. The lowest BCUT2D eigenvalue weighted by Gasteiger charge is -2.19. The molecule has 0 amide bonds. The molecule has 0 unspecified atom stereocenters. The summed E-state index contributed by atoms with van der Waals surface area (Å²) in [5.41, 5.74) is 0.0391. The van der Waals surface area contributed by atoms with Gasteiger partial charge in [0, 0.05) is 12.1 Å². The fourth-order valence-electron chi connectivity index (χ4n) is 2.38. The Morgan fingerprint density at radius 1 is 1.50 bits per heavy atom. The molecule has 1 saturated heterocycles. The minimum atomic E-state index is -0.406. The van der Waals surface area contributed by atoms with Gasteiger partial charge < -0.3 is 9.64 Å². The topological polar surface area (TPSA) is 55.6 Å². The molecule has 0 spiro atoms. The highest BCUT2D eigenvalue weighted by molar-refractivity contribution is 5.45. The van der Waals surface area contributed by atoms with Crippen LogP contribution in [0.5, 0.6) is 5.75 Å². The summed E-state index contributed by atoms with van der Waals surface area (Å²) in [6.45, 7) is 1.66. The zero-order valence-corrected chi connectivity index (χ0v) is 10.5. The molecule has 1 fully saturated rings. The van der Waals surface area contributed by atoms with Crippen LogP contribution >= 0.6 is 0 Å². The van der Waals surface area contributed by atoms with Crippen LogP contribution < -0.4 is 4.74 Å². The molecule has 18 heavy (non-hydrogen) atoms. The van der Waals surface area contributed by atoms with E-state index in [1.54, 1.807) is 18.2 Å². The Labute approximate surface area is 107 Å². The van der Waals surface area contributed by atoms with E-state index >= 15 is 0 Å². The average Bonchev–Trinajstić information content (AvgIpc) is 2.76. The number of likely N-dealkylation sites (tertiary alicyclic amines) is 1. The molecule has 0 bridgehead atoms. The van der Waals surface area contributed by atoms with Crippen LogP contribution in [0.3, 0.4) is 0 Å². The first-order valence-corrected chi connectivity index (χ1v) is 6.25. The Morgan fingerprint density at radius 2 is 2.28 bits per heavy atom. The molecule has 98 valence electrons. The number of nitro groups is 1. The molecule has 1 aromatic rings. The summed E-state index contributed by atoms with van der Waals surface area (Å²) in [7, 11) is 2.11. The second-order valence-corrected chi connectivity index (χ2v) is 4.64. The Hall–Kier alpha value is -1.62. The minimum absolute atomic E-state index is 0.0391. The lowest BCUT2D eigenvalue weighted by molar-refractivity contribution is -0.385. The van der Waals surface area contributed by atoms with Crippen LogP contribution in [-0.4, -0.2) is 36.1 Å². The predicted octanol–water partition coefficient (Wildman–Crippen LogP) is 2.46. The van der Waals surface area contributed by atoms with E-state index in [2.05, 4.69) is 11.9 Å². The normalized spacial score (nSPS) is 19.9. The number of nitro benzene ring substituents is 1. The van der Waals surface area contributed by atoms with Gasteiger partial charge in [-0.15, -0.1) is 0 Å². The smallest absolute Gasteiger partial charge is 0.310 e. The Kier molecular flexibility index (Phi) is 4.15. The van der Waals surface area contributed by atoms with Gasteiger partial charge in [0.05, 0.1) is 11.5 Å². The second-order valence-electron chi connectivity index (χ2n) is 4.64. The van der Waals surface area contributed by atoms with Crippen molar-refractivity contribution in [1.29, 1.82) is 0 Å². The summed E-state index contributed by atoms with van der Waals surface area (Å²) in [5.74, 6) is 0.364. The van der Waals surface area contributed by atoms with Crippen molar-refractivity contribution >= 4 is 5.69 Å². The van der Waals surface area contributed by atoms with Gasteiger partial charge in [0.1, 0.15) is 0 Å². The quantitative estimate of drug-likeness (QED) is 0.595. The van der Waals surface area contributed by atoms with Gasteiger partial charge in [-0.3, -0.25) is 10.1 Å². The van der Waals surface area contributed by atoms with E-state index < -0.39 is 4.92 Å². The summed E-state index contributed by atoms with van der Waals surface area (Å²) in [6.07, 6.45) is 3.34. The Bertz CT molecular complexity index is 422. The summed E-state index contributed by atoms with van der Waals surface area (Å²) >= 11 is 0. The number of hydrogen-bond acceptors (Lipinski definition) is 4. The third kappa shape index (κ3) is 2.98. The zero-order valence-electron chi connectivity index (χ0n) is 10.5. The van der Waals surface area contributed by atoms with Crippen molar-refractivity contribution in [2.75, 3.05) is 20.2 Å². The molecule has 0 N–H and O–H groups in total. The number of ether oxygens (including phenoxy) is 1. The highest BCUT2D eigenvalue weighted by Gasteiger charge is 2.21. The van der Waals surface area contributed by atoms with E-state index in [1.165, 1.54) is 18.9 Å².